The third kappa shape index (κ3) is 2.51. The summed E-state index contributed by atoms with van der Waals surface area (Å²) in [4.78, 5) is 11.4. The molecular weight excluding hydrogens is 340 g/mol. The van der Waals surface area contributed by atoms with Crippen LogP contribution in [0.2, 0.25) is 0 Å². The van der Waals surface area contributed by atoms with Crippen molar-refractivity contribution in [2.24, 2.45) is 34.5 Å². The topological polar surface area (TPSA) is 44.8 Å². The lowest BCUT2D eigenvalue weighted by atomic mass is 9.45. The number of hydrogen-bond acceptors (Lipinski definition) is 4. The van der Waals surface area contributed by atoms with E-state index in [1.807, 2.05) is 0 Å². The Morgan fingerprint density at radius 2 is 1.67 bits per heavy atom. The van der Waals surface area contributed by atoms with Crippen molar-refractivity contribution >= 4 is 5.97 Å². The van der Waals surface area contributed by atoms with Crippen molar-refractivity contribution in [3.8, 4) is 0 Å². The Morgan fingerprint density at radius 1 is 0.926 bits per heavy atom. The van der Waals surface area contributed by atoms with Crippen LogP contribution in [0.1, 0.15) is 78.6 Å². The van der Waals surface area contributed by atoms with E-state index >= 15 is 0 Å². The van der Waals surface area contributed by atoms with E-state index in [-0.39, 0.29) is 23.3 Å². The highest BCUT2D eigenvalue weighted by Crippen LogP contribution is 2.69. The summed E-state index contributed by atoms with van der Waals surface area (Å²) in [7, 11) is 0. The highest BCUT2D eigenvalue weighted by atomic mass is 16.7. The van der Waals surface area contributed by atoms with Gasteiger partial charge in [0.1, 0.15) is 6.10 Å². The van der Waals surface area contributed by atoms with Gasteiger partial charge in [-0.3, -0.25) is 4.79 Å². The SMILES string of the molecule is CC(=O)O[C@@H]1CC[C@@]2(C)[C@@H](CC[C@@H]3[C@@H]2CC[C@@]2(C)[C@H]3CCC23OCCO3)C1. The summed E-state index contributed by atoms with van der Waals surface area (Å²) < 4.78 is 18.1. The molecule has 4 heteroatoms. The number of ether oxygens (including phenoxy) is 3. The fraction of sp³-hybridized carbons (Fsp3) is 0.957. The van der Waals surface area contributed by atoms with Crippen molar-refractivity contribution in [3.63, 3.8) is 0 Å². The quantitative estimate of drug-likeness (QED) is 0.622. The molecule has 1 spiro atoms. The first-order valence-corrected chi connectivity index (χ1v) is 11.3. The minimum absolute atomic E-state index is 0.112. The summed E-state index contributed by atoms with van der Waals surface area (Å²) in [5.74, 6) is 2.71. The predicted octanol–water partition coefficient (Wildman–Crippen LogP) is 4.70. The second kappa shape index (κ2) is 6.19. The Hall–Kier alpha value is -0.610. The molecule has 0 aromatic carbocycles. The molecule has 5 fully saturated rings. The van der Waals surface area contributed by atoms with Crippen LogP contribution in [0, 0.1) is 34.5 Å². The number of carbonyl (C=O) groups is 1. The summed E-state index contributed by atoms with van der Waals surface area (Å²) in [5.41, 5.74) is 0.622. The van der Waals surface area contributed by atoms with Crippen LogP contribution in [0.5, 0.6) is 0 Å². The van der Waals surface area contributed by atoms with E-state index in [2.05, 4.69) is 13.8 Å². The zero-order valence-electron chi connectivity index (χ0n) is 17.3. The molecule has 1 heterocycles. The second-order valence-corrected chi connectivity index (χ2v) is 10.6. The molecule has 0 amide bonds. The van der Waals surface area contributed by atoms with Gasteiger partial charge >= 0.3 is 5.97 Å². The third-order valence-corrected chi connectivity index (χ3v) is 9.75. The first-order valence-electron chi connectivity index (χ1n) is 11.3. The number of carbonyl (C=O) groups excluding carboxylic acids is 1. The third-order valence-electron chi connectivity index (χ3n) is 9.75. The average molecular weight is 377 g/mol. The lowest BCUT2D eigenvalue weighted by molar-refractivity contribution is -0.248. The first kappa shape index (κ1) is 18.4. The molecule has 0 radical (unpaired) electrons. The van der Waals surface area contributed by atoms with Crippen molar-refractivity contribution in [1.82, 2.24) is 0 Å². The van der Waals surface area contributed by atoms with Gasteiger partial charge < -0.3 is 14.2 Å². The molecule has 0 bridgehead atoms. The lowest BCUT2D eigenvalue weighted by Gasteiger charge is -2.61. The predicted molar refractivity (Wildman–Crippen MR) is 102 cm³/mol. The molecule has 5 rings (SSSR count). The minimum Gasteiger partial charge on any atom is -0.463 e. The Labute approximate surface area is 163 Å². The second-order valence-electron chi connectivity index (χ2n) is 10.6. The van der Waals surface area contributed by atoms with Gasteiger partial charge in [-0.05, 0) is 80.5 Å². The van der Waals surface area contributed by atoms with Gasteiger partial charge in [0, 0.05) is 18.8 Å². The van der Waals surface area contributed by atoms with Crippen LogP contribution in [-0.2, 0) is 19.0 Å². The normalized spacial score (nSPS) is 50.7. The van der Waals surface area contributed by atoms with E-state index in [0.29, 0.717) is 5.41 Å². The molecule has 4 aliphatic carbocycles. The van der Waals surface area contributed by atoms with Gasteiger partial charge in [0.2, 0.25) is 0 Å². The van der Waals surface area contributed by atoms with Crippen LogP contribution in [-0.4, -0.2) is 31.1 Å². The van der Waals surface area contributed by atoms with Gasteiger partial charge in [-0.25, -0.2) is 0 Å². The summed E-state index contributed by atoms with van der Waals surface area (Å²) in [6.45, 7) is 8.13. The Kier molecular flexibility index (Phi) is 4.22. The number of esters is 1. The molecule has 1 saturated heterocycles. The van der Waals surface area contributed by atoms with E-state index in [4.69, 9.17) is 14.2 Å². The van der Waals surface area contributed by atoms with Crippen LogP contribution in [0.3, 0.4) is 0 Å². The average Bonchev–Trinajstić information content (AvgIpc) is 3.21. The molecule has 152 valence electrons. The highest BCUT2D eigenvalue weighted by Gasteiger charge is 2.67. The molecule has 0 unspecified atom stereocenters. The summed E-state index contributed by atoms with van der Waals surface area (Å²) >= 11 is 0. The van der Waals surface area contributed by atoms with Gasteiger partial charge in [-0.15, -0.1) is 0 Å². The standard InChI is InChI=1S/C23H36O4/c1-15(24)27-17-6-9-21(2)16(14-17)4-5-18-19(21)7-10-22(3)20(18)8-11-23(22)25-12-13-26-23/h16-20H,4-14H2,1-3H3/t16-,17+,18+,19-,20-,21-,22-/m0/s1. The Balaban J connectivity index is 1.37. The van der Waals surface area contributed by atoms with Crippen LogP contribution in [0.15, 0.2) is 0 Å². The molecule has 0 aromatic rings. The van der Waals surface area contributed by atoms with E-state index in [0.717, 1.165) is 56.1 Å². The van der Waals surface area contributed by atoms with Gasteiger partial charge in [0.05, 0.1) is 13.2 Å². The van der Waals surface area contributed by atoms with Crippen LogP contribution < -0.4 is 0 Å². The molecule has 27 heavy (non-hydrogen) atoms. The molecule has 5 aliphatic rings. The van der Waals surface area contributed by atoms with Gasteiger partial charge in [0.15, 0.2) is 5.79 Å². The van der Waals surface area contributed by atoms with Gasteiger partial charge in [-0.2, -0.15) is 0 Å². The van der Waals surface area contributed by atoms with Crippen molar-refractivity contribution in [3.05, 3.63) is 0 Å². The molecule has 0 N–H and O–H groups in total. The molecular formula is C23H36O4. The highest BCUT2D eigenvalue weighted by molar-refractivity contribution is 5.66. The van der Waals surface area contributed by atoms with E-state index in [9.17, 15) is 4.79 Å². The lowest BCUT2D eigenvalue weighted by Crippen LogP contribution is -2.57. The Bertz CT molecular complexity index is 611. The molecule has 0 aromatic heterocycles. The van der Waals surface area contributed by atoms with Crippen LogP contribution >= 0.6 is 0 Å². The van der Waals surface area contributed by atoms with Crippen LogP contribution in [0.4, 0.5) is 0 Å². The molecule has 4 saturated carbocycles. The largest absolute Gasteiger partial charge is 0.463 e. The van der Waals surface area contributed by atoms with Crippen molar-refractivity contribution in [2.45, 2.75) is 90.4 Å². The minimum atomic E-state index is -0.284. The maximum absolute atomic E-state index is 11.4. The first-order chi connectivity index (χ1) is 12.9. The maximum Gasteiger partial charge on any atom is 0.302 e. The van der Waals surface area contributed by atoms with E-state index in [1.54, 1.807) is 6.92 Å². The van der Waals surface area contributed by atoms with Crippen molar-refractivity contribution in [1.29, 1.82) is 0 Å². The fourth-order valence-electron chi connectivity index (χ4n) is 8.45. The summed E-state index contributed by atoms with van der Waals surface area (Å²) in [6, 6.07) is 0. The zero-order chi connectivity index (χ0) is 18.9. The number of fused-ring (bicyclic) bond motifs is 6. The van der Waals surface area contributed by atoms with Gasteiger partial charge in [-0.1, -0.05) is 13.8 Å². The Morgan fingerprint density at radius 3 is 2.41 bits per heavy atom. The molecule has 1 aliphatic heterocycles. The van der Waals surface area contributed by atoms with E-state index in [1.165, 1.54) is 38.5 Å². The maximum atomic E-state index is 11.4. The summed E-state index contributed by atoms with van der Waals surface area (Å²) in [5, 5.41) is 0. The molecule has 4 nitrogen and oxygen atoms in total. The smallest absolute Gasteiger partial charge is 0.302 e. The monoisotopic (exact) mass is 376 g/mol. The fourth-order valence-corrected chi connectivity index (χ4v) is 8.45. The van der Waals surface area contributed by atoms with Gasteiger partial charge in [0.25, 0.3) is 0 Å². The van der Waals surface area contributed by atoms with E-state index < -0.39 is 0 Å². The molecule has 7 atom stereocenters. The van der Waals surface area contributed by atoms with Crippen molar-refractivity contribution < 1.29 is 19.0 Å². The van der Waals surface area contributed by atoms with Crippen LogP contribution in [0.25, 0.3) is 0 Å². The number of rotatable bonds is 1. The summed E-state index contributed by atoms with van der Waals surface area (Å²) in [6.07, 6.45) is 11.1. The zero-order valence-corrected chi connectivity index (χ0v) is 17.3. The number of hydrogen-bond donors (Lipinski definition) is 0. The van der Waals surface area contributed by atoms with Crippen molar-refractivity contribution in [2.75, 3.05) is 13.2 Å².